The number of carbonyl (C=O) groups is 1. The lowest BCUT2D eigenvalue weighted by Crippen LogP contribution is -2.31. The summed E-state index contributed by atoms with van der Waals surface area (Å²) in [6, 6.07) is 7.66. The summed E-state index contributed by atoms with van der Waals surface area (Å²) in [5.41, 5.74) is 0.984. The number of hydrogen-bond acceptors (Lipinski definition) is 4. The number of halogens is 1. The highest BCUT2D eigenvalue weighted by Crippen LogP contribution is 2.20. The molecular formula is C12H16BrNO3. The molecule has 0 aliphatic carbocycles. The van der Waals surface area contributed by atoms with Gasteiger partial charge < -0.3 is 14.4 Å². The minimum atomic E-state index is -0.344. The number of esters is 1. The first-order valence-electron chi connectivity index (χ1n) is 5.15. The Labute approximate surface area is 110 Å². The molecule has 0 spiro atoms. The van der Waals surface area contributed by atoms with Gasteiger partial charge in [0, 0.05) is 25.3 Å². The van der Waals surface area contributed by atoms with Crippen molar-refractivity contribution < 1.29 is 14.3 Å². The number of rotatable bonds is 5. The van der Waals surface area contributed by atoms with Crippen molar-refractivity contribution in [2.75, 3.05) is 32.7 Å². The fraction of sp³-hybridized carbons (Fsp3) is 0.417. The molecule has 0 saturated heterocycles. The zero-order chi connectivity index (χ0) is 12.8. The van der Waals surface area contributed by atoms with E-state index in [2.05, 4.69) is 20.7 Å². The van der Waals surface area contributed by atoms with E-state index in [0.29, 0.717) is 6.54 Å². The van der Waals surface area contributed by atoms with Gasteiger partial charge in [-0.3, -0.25) is 4.79 Å². The van der Waals surface area contributed by atoms with E-state index in [9.17, 15) is 4.79 Å². The second-order valence-electron chi connectivity index (χ2n) is 3.57. The fourth-order valence-corrected chi connectivity index (χ4v) is 2.02. The summed E-state index contributed by atoms with van der Waals surface area (Å²) >= 11 is 3.29. The van der Waals surface area contributed by atoms with E-state index in [0.717, 1.165) is 11.4 Å². The van der Waals surface area contributed by atoms with Crippen molar-refractivity contribution in [1.82, 2.24) is 0 Å². The lowest BCUT2D eigenvalue weighted by atomic mass is 10.2. The van der Waals surface area contributed by atoms with E-state index in [1.165, 1.54) is 7.11 Å². The first-order valence-corrected chi connectivity index (χ1v) is 6.07. The van der Waals surface area contributed by atoms with Crippen LogP contribution in [-0.2, 0) is 9.53 Å². The maximum Gasteiger partial charge on any atom is 0.321 e. The van der Waals surface area contributed by atoms with Gasteiger partial charge in [0.05, 0.1) is 14.2 Å². The van der Waals surface area contributed by atoms with Crippen molar-refractivity contribution in [1.29, 1.82) is 0 Å². The van der Waals surface area contributed by atoms with Crippen LogP contribution in [0, 0.1) is 0 Å². The van der Waals surface area contributed by atoms with Crippen molar-refractivity contribution in [2.24, 2.45) is 0 Å². The predicted molar refractivity (Wildman–Crippen MR) is 71.0 cm³/mol. The second-order valence-corrected chi connectivity index (χ2v) is 4.68. The summed E-state index contributed by atoms with van der Waals surface area (Å²) in [5.74, 6) is 0.512. The number of nitrogens with zero attached hydrogens (tertiary/aromatic N) is 1. The van der Waals surface area contributed by atoms with Crippen LogP contribution in [-0.4, -0.2) is 38.6 Å². The zero-order valence-corrected chi connectivity index (χ0v) is 11.7. The zero-order valence-electron chi connectivity index (χ0n) is 10.1. The maximum atomic E-state index is 11.3. The van der Waals surface area contributed by atoms with Crippen LogP contribution in [0.4, 0.5) is 5.69 Å². The Balaban J connectivity index is 2.68. The molecule has 0 fully saturated rings. The molecule has 0 N–H and O–H groups in total. The number of ether oxygens (including phenoxy) is 2. The average molecular weight is 302 g/mol. The van der Waals surface area contributed by atoms with E-state index in [4.69, 9.17) is 4.74 Å². The maximum absolute atomic E-state index is 11.3. The topological polar surface area (TPSA) is 38.8 Å². The Hall–Kier alpha value is -1.23. The molecule has 0 aliphatic heterocycles. The third kappa shape index (κ3) is 3.93. The standard InChI is InChI=1S/C12H16BrNO3/c1-14(8-11(13)12(15)17-3)9-5-4-6-10(7-9)16-2/h4-7,11H,8H2,1-3H3. The summed E-state index contributed by atoms with van der Waals surface area (Å²) in [4.78, 5) is 12.9. The lowest BCUT2D eigenvalue weighted by molar-refractivity contribution is -0.139. The van der Waals surface area contributed by atoms with Crippen LogP contribution >= 0.6 is 15.9 Å². The largest absolute Gasteiger partial charge is 0.497 e. The summed E-state index contributed by atoms with van der Waals surface area (Å²) in [5, 5.41) is 0. The molecule has 0 radical (unpaired) electrons. The molecule has 4 nitrogen and oxygen atoms in total. The molecule has 0 aliphatic rings. The Morgan fingerprint density at radius 2 is 2.18 bits per heavy atom. The summed E-state index contributed by atoms with van der Waals surface area (Å²) in [6.45, 7) is 0.528. The molecule has 1 atom stereocenters. The van der Waals surface area contributed by atoms with Crippen molar-refractivity contribution >= 4 is 27.6 Å². The minimum Gasteiger partial charge on any atom is -0.497 e. The summed E-state index contributed by atoms with van der Waals surface area (Å²) in [6.07, 6.45) is 0. The van der Waals surface area contributed by atoms with Crippen LogP contribution in [0.2, 0.25) is 0 Å². The van der Waals surface area contributed by atoms with Crippen molar-refractivity contribution in [3.05, 3.63) is 24.3 Å². The van der Waals surface area contributed by atoms with Gasteiger partial charge >= 0.3 is 5.97 Å². The van der Waals surface area contributed by atoms with Gasteiger partial charge in [0.15, 0.2) is 0 Å². The van der Waals surface area contributed by atoms with Crippen LogP contribution in [0.15, 0.2) is 24.3 Å². The third-order valence-electron chi connectivity index (χ3n) is 2.39. The predicted octanol–water partition coefficient (Wildman–Crippen LogP) is 2.07. The number of anilines is 1. The molecule has 0 amide bonds. The molecule has 0 heterocycles. The van der Waals surface area contributed by atoms with Gasteiger partial charge in [-0.15, -0.1) is 0 Å². The highest BCUT2D eigenvalue weighted by molar-refractivity contribution is 9.10. The number of hydrogen-bond donors (Lipinski definition) is 0. The van der Waals surface area contributed by atoms with Crippen LogP contribution in [0.1, 0.15) is 0 Å². The number of methoxy groups -OCH3 is 2. The Morgan fingerprint density at radius 3 is 2.76 bits per heavy atom. The number of carbonyl (C=O) groups excluding carboxylic acids is 1. The highest BCUT2D eigenvalue weighted by atomic mass is 79.9. The van der Waals surface area contributed by atoms with E-state index in [-0.39, 0.29) is 10.8 Å². The van der Waals surface area contributed by atoms with Crippen molar-refractivity contribution in [3.8, 4) is 5.75 Å². The van der Waals surface area contributed by atoms with Crippen molar-refractivity contribution in [3.63, 3.8) is 0 Å². The molecule has 1 rings (SSSR count). The van der Waals surface area contributed by atoms with E-state index < -0.39 is 0 Å². The minimum absolute atomic E-state index is 0.278. The van der Waals surface area contributed by atoms with Gasteiger partial charge in [0.2, 0.25) is 0 Å². The first kappa shape index (κ1) is 13.8. The molecule has 1 aromatic rings. The van der Waals surface area contributed by atoms with Crippen LogP contribution in [0.3, 0.4) is 0 Å². The van der Waals surface area contributed by atoms with E-state index >= 15 is 0 Å². The molecular weight excluding hydrogens is 286 g/mol. The number of benzene rings is 1. The Morgan fingerprint density at radius 1 is 1.47 bits per heavy atom. The van der Waals surface area contributed by atoms with E-state index in [1.807, 2.05) is 36.2 Å². The van der Waals surface area contributed by atoms with Gasteiger partial charge in [-0.05, 0) is 12.1 Å². The molecule has 1 unspecified atom stereocenters. The molecule has 0 bridgehead atoms. The highest BCUT2D eigenvalue weighted by Gasteiger charge is 2.17. The molecule has 17 heavy (non-hydrogen) atoms. The normalized spacial score (nSPS) is 11.8. The smallest absolute Gasteiger partial charge is 0.321 e. The second kappa shape index (κ2) is 6.49. The van der Waals surface area contributed by atoms with Gasteiger partial charge in [-0.2, -0.15) is 0 Å². The SMILES string of the molecule is COC(=O)C(Br)CN(C)c1cccc(OC)c1. The van der Waals surface area contributed by atoms with Gasteiger partial charge in [0.1, 0.15) is 10.6 Å². The van der Waals surface area contributed by atoms with Crippen LogP contribution < -0.4 is 9.64 Å². The monoisotopic (exact) mass is 301 g/mol. The summed E-state index contributed by atoms with van der Waals surface area (Å²) in [7, 11) is 4.91. The Bertz CT molecular complexity index is 384. The summed E-state index contributed by atoms with van der Waals surface area (Å²) < 4.78 is 9.81. The van der Waals surface area contributed by atoms with Gasteiger partial charge in [-0.25, -0.2) is 0 Å². The van der Waals surface area contributed by atoms with Gasteiger partial charge in [-0.1, -0.05) is 22.0 Å². The molecule has 94 valence electrons. The first-order chi connectivity index (χ1) is 8.08. The molecule has 0 saturated carbocycles. The Kier molecular flexibility index (Phi) is 5.28. The average Bonchev–Trinajstić information content (AvgIpc) is 2.37. The van der Waals surface area contributed by atoms with Gasteiger partial charge in [0.25, 0.3) is 0 Å². The third-order valence-corrected chi connectivity index (χ3v) is 3.05. The van der Waals surface area contributed by atoms with Crippen LogP contribution in [0.25, 0.3) is 0 Å². The number of alkyl halides is 1. The fourth-order valence-electron chi connectivity index (χ4n) is 1.40. The lowest BCUT2D eigenvalue weighted by Gasteiger charge is -2.21. The van der Waals surface area contributed by atoms with Crippen LogP contribution in [0.5, 0.6) is 5.75 Å². The molecule has 5 heteroatoms. The molecule has 0 aromatic heterocycles. The molecule has 1 aromatic carbocycles. The quantitative estimate of drug-likeness (QED) is 0.616. The van der Waals surface area contributed by atoms with Crippen molar-refractivity contribution in [2.45, 2.75) is 4.83 Å². The van der Waals surface area contributed by atoms with E-state index in [1.54, 1.807) is 7.11 Å².